The van der Waals surface area contributed by atoms with Crippen molar-refractivity contribution < 1.29 is 16.8 Å². The number of sulfonamides is 2. The van der Waals surface area contributed by atoms with E-state index < -0.39 is 20.0 Å². The largest absolute Gasteiger partial charge is 0.280 e. The molecule has 0 unspecified atom stereocenters. The van der Waals surface area contributed by atoms with Crippen molar-refractivity contribution in [1.82, 2.24) is 4.98 Å². The highest BCUT2D eigenvalue weighted by molar-refractivity contribution is 7.93. The standard InChI is InChI=1S/C17H12Cl3N3O4S2/c18-11-3-1-4-12(9-11)22-28(24,25)14-6-2-5-13(10-14)23-29(26,27)15-7-8-16(19)21-17(15)20/h1-10,22-23H. The molecule has 3 rings (SSSR count). The molecule has 2 N–H and O–H groups in total. The molecule has 1 heterocycles. The average molecular weight is 493 g/mol. The summed E-state index contributed by atoms with van der Waals surface area (Å²) in [6, 6.07) is 13.9. The molecule has 0 aliphatic heterocycles. The molecule has 1 aromatic heterocycles. The van der Waals surface area contributed by atoms with Gasteiger partial charge in [0.15, 0.2) is 5.15 Å². The molecule has 0 aliphatic rings. The summed E-state index contributed by atoms with van der Waals surface area (Å²) in [6.07, 6.45) is 0. The number of halogens is 3. The van der Waals surface area contributed by atoms with E-state index in [9.17, 15) is 16.8 Å². The number of hydrogen-bond acceptors (Lipinski definition) is 5. The van der Waals surface area contributed by atoms with Gasteiger partial charge in [-0.1, -0.05) is 46.9 Å². The Bertz CT molecular complexity index is 1280. The van der Waals surface area contributed by atoms with Gasteiger partial charge in [0.05, 0.1) is 16.3 Å². The zero-order valence-electron chi connectivity index (χ0n) is 14.3. The van der Waals surface area contributed by atoms with Crippen LogP contribution in [0.5, 0.6) is 0 Å². The van der Waals surface area contributed by atoms with Gasteiger partial charge in [-0.05, 0) is 48.5 Å². The van der Waals surface area contributed by atoms with Crippen molar-refractivity contribution in [3.63, 3.8) is 0 Å². The summed E-state index contributed by atoms with van der Waals surface area (Å²) >= 11 is 17.4. The van der Waals surface area contributed by atoms with Crippen LogP contribution in [0.2, 0.25) is 15.3 Å². The van der Waals surface area contributed by atoms with Crippen LogP contribution < -0.4 is 9.44 Å². The maximum atomic E-state index is 12.6. The molecule has 2 aromatic carbocycles. The van der Waals surface area contributed by atoms with Crippen molar-refractivity contribution in [3.8, 4) is 0 Å². The van der Waals surface area contributed by atoms with Gasteiger partial charge in [-0.2, -0.15) is 0 Å². The Morgan fingerprint density at radius 1 is 0.724 bits per heavy atom. The summed E-state index contributed by atoms with van der Waals surface area (Å²) in [5.74, 6) is 0. The second-order valence-electron chi connectivity index (χ2n) is 5.67. The minimum atomic E-state index is -4.12. The van der Waals surface area contributed by atoms with Gasteiger partial charge in [0.2, 0.25) is 0 Å². The first-order chi connectivity index (χ1) is 13.6. The molecule has 0 bridgehead atoms. The normalized spacial score (nSPS) is 11.8. The molecule has 0 spiro atoms. The van der Waals surface area contributed by atoms with Crippen molar-refractivity contribution >= 4 is 66.2 Å². The average Bonchev–Trinajstić information content (AvgIpc) is 2.61. The number of rotatable bonds is 6. The van der Waals surface area contributed by atoms with Gasteiger partial charge < -0.3 is 0 Å². The smallest absolute Gasteiger partial charge is 0.264 e. The highest BCUT2D eigenvalue weighted by Crippen LogP contribution is 2.26. The van der Waals surface area contributed by atoms with Crippen LogP contribution in [0.1, 0.15) is 0 Å². The molecule has 0 atom stereocenters. The van der Waals surface area contributed by atoms with E-state index in [1.807, 2.05) is 0 Å². The van der Waals surface area contributed by atoms with Crippen LogP contribution in [0.4, 0.5) is 11.4 Å². The minimum Gasteiger partial charge on any atom is -0.280 e. The van der Waals surface area contributed by atoms with Crippen molar-refractivity contribution in [2.45, 2.75) is 9.79 Å². The lowest BCUT2D eigenvalue weighted by Gasteiger charge is -2.12. The highest BCUT2D eigenvalue weighted by atomic mass is 35.5. The van der Waals surface area contributed by atoms with Crippen LogP contribution in [0.15, 0.2) is 70.5 Å². The molecule has 0 saturated carbocycles. The predicted octanol–water partition coefficient (Wildman–Crippen LogP) is 4.64. The summed E-state index contributed by atoms with van der Waals surface area (Å²) < 4.78 is 55.0. The summed E-state index contributed by atoms with van der Waals surface area (Å²) in [5.41, 5.74) is 0.285. The van der Waals surface area contributed by atoms with Gasteiger partial charge in [-0.15, -0.1) is 0 Å². The second-order valence-corrected chi connectivity index (χ2v) is 10.2. The lowest BCUT2D eigenvalue weighted by molar-refractivity contribution is 0.598. The molecular weight excluding hydrogens is 481 g/mol. The summed E-state index contributed by atoms with van der Waals surface area (Å²) in [5, 5.41) is 0.0886. The lowest BCUT2D eigenvalue weighted by Crippen LogP contribution is -2.16. The zero-order chi connectivity index (χ0) is 21.2. The minimum absolute atomic E-state index is 0.0185. The Hall–Kier alpha value is -2.04. The maximum Gasteiger partial charge on any atom is 0.264 e. The number of anilines is 2. The van der Waals surface area contributed by atoms with Crippen molar-refractivity contribution in [2.75, 3.05) is 9.44 Å². The molecular formula is C17H12Cl3N3O4S2. The molecule has 152 valence electrons. The Balaban J connectivity index is 1.89. The molecule has 0 radical (unpaired) electrons. The van der Waals surface area contributed by atoms with E-state index in [4.69, 9.17) is 34.8 Å². The molecule has 12 heteroatoms. The van der Waals surface area contributed by atoms with Gasteiger partial charge in [0.25, 0.3) is 20.0 Å². The van der Waals surface area contributed by atoms with Gasteiger partial charge in [0.1, 0.15) is 10.0 Å². The van der Waals surface area contributed by atoms with E-state index in [1.54, 1.807) is 12.1 Å². The van der Waals surface area contributed by atoms with Gasteiger partial charge in [-0.25, -0.2) is 21.8 Å². The summed E-state index contributed by atoms with van der Waals surface area (Å²) in [6.45, 7) is 0. The third-order valence-electron chi connectivity index (χ3n) is 3.54. The molecule has 0 amide bonds. The monoisotopic (exact) mass is 491 g/mol. The van der Waals surface area contributed by atoms with Crippen LogP contribution in [-0.2, 0) is 20.0 Å². The fourth-order valence-corrected chi connectivity index (χ4v) is 5.30. The number of benzene rings is 2. The zero-order valence-corrected chi connectivity index (χ0v) is 18.2. The van der Waals surface area contributed by atoms with Crippen LogP contribution in [0.3, 0.4) is 0 Å². The van der Waals surface area contributed by atoms with Crippen LogP contribution in [0.25, 0.3) is 0 Å². The first kappa shape index (κ1) is 21.7. The Kier molecular flexibility index (Phi) is 6.25. The third kappa shape index (κ3) is 5.31. The second kappa shape index (κ2) is 8.37. The molecule has 0 aliphatic carbocycles. The molecule has 29 heavy (non-hydrogen) atoms. The first-order valence-corrected chi connectivity index (χ1v) is 11.9. The topological polar surface area (TPSA) is 105 Å². The quantitative estimate of drug-likeness (QED) is 0.488. The SMILES string of the molecule is O=S(=O)(Nc1cccc(Cl)c1)c1cccc(NS(=O)(=O)c2ccc(Cl)nc2Cl)c1. The molecule has 7 nitrogen and oxygen atoms in total. The highest BCUT2D eigenvalue weighted by Gasteiger charge is 2.21. The van der Waals surface area contributed by atoms with E-state index >= 15 is 0 Å². The molecule has 0 saturated heterocycles. The number of aromatic nitrogens is 1. The van der Waals surface area contributed by atoms with Gasteiger partial charge >= 0.3 is 0 Å². The predicted molar refractivity (Wildman–Crippen MR) is 114 cm³/mol. The van der Waals surface area contributed by atoms with Crippen molar-refractivity contribution in [2.24, 2.45) is 0 Å². The number of nitrogens with zero attached hydrogens (tertiary/aromatic N) is 1. The van der Waals surface area contributed by atoms with E-state index in [0.29, 0.717) is 5.02 Å². The van der Waals surface area contributed by atoms with Gasteiger partial charge in [0, 0.05) is 5.02 Å². The fourth-order valence-electron chi connectivity index (χ4n) is 2.30. The van der Waals surface area contributed by atoms with E-state index in [1.165, 1.54) is 48.5 Å². The number of hydrogen-bond donors (Lipinski definition) is 2. The van der Waals surface area contributed by atoms with Crippen LogP contribution >= 0.6 is 34.8 Å². The van der Waals surface area contributed by atoms with Crippen molar-refractivity contribution in [1.29, 1.82) is 0 Å². The Labute approximate surface area is 182 Å². The van der Waals surface area contributed by atoms with Crippen LogP contribution in [-0.4, -0.2) is 21.8 Å². The van der Waals surface area contributed by atoms with Crippen molar-refractivity contribution in [3.05, 3.63) is 76.0 Å². The number of nitrogens with one attached hydrogen (secondary N) is 2. The Morgan fingerprint density at radius 3 is 2.00 bits per heavy atom. The Morgan fingerprint density at radius 2 is 1.34 bits per heavy atom. The van der Waals surface area contributed by atoms with E-state index in [-0.39, 0.29) is 31.5 Å². The van der Waals surface area contributed by atoms with Gasteiger partial charge in [-0.3, -0.25) is 9.44 Å². The summed E-state index contributed by atoms with van der Waals surface area (Å²) in [4.78, 5) is 3.24. The van der Waals surface area contributed by atoms with Crippen LogP contribution in [0, 0.1) is 0 Å². The summed E-state index contributed by atoms with van der Waals surface area (Å²) in [7, 11) is -8.11. The van der Waals surface area contributed by atoms with E-state index in [2.05, 4.69) is 14.4 Å². The lowest BCUT2D eigenvalue weighted by atomic mass is 10.3. The maximum absolute atomic E-state index is 12.6. The third-order valence-corrected chi connectivity index (χ3v) is 7.18. The number of pyridine rings is 1. The molecule has 3 aromatic rings. The van der Waals surface area contributed by atoms with E-state index in [0.717, 1.165) is 0 Å². The molecule has 0 fully saturated rings. The first-order valence-electron chi connectivity index (χ1n) is 7.80. The fraction of sp³-hybridized carbons (Fsp3) is 0.